The second kappa shape index (κ2) is 9.42. The lowest BCUT2D eigenvalue weighted by molar-refractivity contribution is -0.140. The van der Waals surface area contributed by atoms with Crippen molar-refractivity contribution in [2.75, 3.05) is 7.11 Å². The highest BCUT2D eigenvalue weighted by Crippen LogP contribution is 2.41. The maximum absolute atomic E-state index is 13.8. The third kappa shape index (κ3) is 4.50. The number of nitrogens with zero attached hydrogens (tertiary/aromatic N) is 1. The van der Waals surface area contributed by atoms with Crippen molar-refractivity contribution in [2.24, 2.45) is 0 Å². The van der Waals surface area contributed by atoms with Crippen LogP contribution in [0.15, 0.2) is 72.3 Å². The third-order valence-electron chi connectivity index (χ3n) is 5.89. The predicted molar refractivity (Wildman–Crippen MR) is 125 cm³/mol. The van der Waals surface area contributed by atoms with E-state index in [2.05, 4.69) is 0 Å². The van der Waals surface area contributed by atoms with Gasteiger partial charge in [-0.2, -0.15) is 0 Å². The molecule has 1 fully saturated rings. The van der Waals surface area contributed by atoms with E-state index in [1.54, 1.807) is 36.4 Å². The number of aliphatic hydroxyl groups is 1. The van der Waals surface area contributed by atoms with Crippen LogP contribution in [0.4, 0.5) is 4.39 Å². The Morgan fingerprint density at radius 1 is 1.03 bits per heavy atom. The van der Waals surface area contributed by atoms with Gasteiger partial charge in [-0.25, -0.2) is 9.18 Å². The Hall–Kier alpha value is -4.46. The van der Waals surface area contributed by atoms with Gasteiger partial charge in [-0.05, 0) is 66.1 Å². The third-order valence-corrected chi connectivity index (χ3v) is 5.89. The summed E-state index contributed by atoms with van der Waals surface area (Å²) in [5.41, 5.74) is 1.66. The Kier molecular flexibility index (Phi) is 6.38. The molecule has 35 heavy (non-hydrogen) atoms. The van der Waals surface area contributed by atoms with Crippen LogP contribution in [0.3, 0.4) is 0 Å². The Morgan fingerprint density at radius 2 is 1.71 bits per heavy atom. The highest BCUT2D eigenvalue weighted by Gasteiger charge is 2.46. The number of carbonyl (C=O) groups is 3. The van der Waals surface area contributed by atoms with Crippen molar-refractivity contribution in [1.29, 1.82) is 0 Å². The van der Waals surface area contributed by atoms with Crippen LogP contribution in [0, 0.1) is 12.7 Å². The molecule has 178 valence electrons. The van der Waals surface area contributed by atoms with Crippen LogP contribution in [0.2, 0.25) is 0 Å². The highest BCUT2D eigenvalue weighted by molar-refractivity contribution is 6.46. The number of ether oxygens (including phenoxy) is 1. The van der Waals surface area contributed by atoms with Crippen molar-refractivity contribution in [1.82, 2.24) is 4.90 Å². The fraction of sp³-hybridized carbons (Fsp3) is 0.148. The first kappa shape index (κ1) is 23.7. The molecular formula is C27H22FNO6. The van der Waals surface area contributed by atoms with Gasteiger partial charge in [0.15, 0.2) is 0 Å². The maximum Gasteiger partial charge on any atom is 0.337 e. The summed E-state index contributed by atoms with van der Waals surface area (Å²) < 4.78 is 18.5. The largest absolute Gasteiger partial charge is 0.508 e. The topological polar surface area (TPSA) is 104 Å². The van der Waals surface area contributed by atoms with Gasteiger partial charge in [-0.15, -0.1) is 0 Å². The number of benzene rings is 3. The summed E-state index contributed by atoms with van der Waals surface area (Å²) in [6.07, 6.45) is 0. The molecule has 0 aromatic heterocycles. The van der Waals surface area contributed by atoms with Gasteiger partial charge >= 0.3 is 5.97 Å². The molecule has 0 radical (unpaired) electrons. The van der Waals surface area contributed by atoms with E-state index in [9.17, 15) is 29.0 Å². The SMILES string of the molecule is COC(=O)c1ccc(CN2C(=O)C(=O)/C(=C(\O)c3ccc(F)c(C)c3)C2c2cccc(O)c2)cc1. The number of phenolic OH excluding ortho intramolecular Hbond substituents is 1. The summed E-state index contributed by atoms with van der Waals surface area (Å²) in [6, 6.07) is 15.3. The van der Waals surface area contributed by atoms with Crippen LogP contribution < -0.4 is 0 Å². The second-order valence-electron chi connectivity index (χ2n) is 8.17. The number of Topliss-reactive ketones (excluding diaryl/α,β-unsaturated/α-hetero) is 1. The lowest BCUT2D eigenvalue weighted by Crippen LogP contribution is -2.29. The van der Waals surface area contributed by atoms with E-state index in [1.807, 2.05) is 0 Å². The molecular weight excluding hydrogens is 453 g/mol. The van der Waals surface area contributed by atoms with Crippen molar-refractivity contribution in [3.05, 3.63) is 106 Å². The van der Waals surface area contributed by atoms with Crippen molar-refractivity contribution >= 4 is 23.4 Å². The number of aryl methyl sites for hydroxylation is 1. The van der Waals surface area contributed by atoms with Gasteiger partial charge in [-0.1, -0.05) is 24.3 Å². The molecule has 3 aromatic rings. The van der Waals surface area contributed by atoms with E-state index in [0.717, 1.165) is 0 Å². The molecule has 0 aliphatic carbocycles. The van der Waals surface area contributed by atoms with Crippen molar-refractivity contribution in [2.45, 2.75) is 19.5 Å². The van der Waals surface area contributed by atoms with Crippen molar-refractivity contribution in [3.63, 3.8) is 0 Å². The van der Waals surface area contributed by atoms with E-state index >= 15 is 0 Å². The molecule has 1 aliphatic heterocycles. The van der Waals surface area contributed by atoms with Crippen LogP contribution in [-0.2, 0) is 20.9 Å². The molecule has 1 amide bonds. The predicted octanol–water partition coefficient (Wildman–Crippen LogP) is 4.25. The Bertz CT molecular complexity index is 1360. The minimum Gasteiger partial charge on any atom is -0.508 e. The normalized spacial score (nSPS) is 17.0. The number of esters is 1. The fourth-order valence-corrected chi connectivity index (χ4v) is 4.09. The average Bonchev–Trinajstić information content (AvgIpc) is 3.10. The number of aromatic hydroxyl groups is 1. The monoisotopic (exact) mass is 475 g/mol. The lowest BCUT2D eigenvalue weighted by atomic mass is 9.94. The quantitative estimate of drug-likeness (QED) is 0.248. The van der Waals surface area contributed by atoms with Gasteiger partial charge in [0.2, 0.25) is 0 Å². The number of hydrogen-bond acceptors (Lipinski definition) is 6. The smallest absolute Gasteiger partial charge is 0.337 e. The van der Waals surface area contributed by atoms with E-state index < -0.39 is 35.3 Å². The molecule has 1 unspecified atom stereocenters. The van der Waals surface area contributed by atoms with E-state index in [1.165, 1.54) is 49.3 Å². The van der Waals surface area contributed by atoms with Crippen LogP contribution in [0.1, 0.15) is 38.7 Å². The molecule has 1 atom stereocenters. The van der Waals surface area contributed by atoms with Crippen LogP contribution in [0.5, 0.6) is 5.75 Å². The van der Waals surface area contributed by atoms with Crippen LogP contribution in [0.25, 0.3) is 5.76 Å². The molecule has 0 saturated carbocycles. The summed E-state index contributed by atoms with van der Waals surface area (Å²) in [4.78, 5) is 39.2. The Labute approximate surface area is 200 Å². The van der Waals surface area contributed by atoms with E-state index in [-0.39, 0.29) is 29.0 Å². The fourth-order valence-electron chi connectivity index (χ4n) is 4.09. The van der Waals surface area contributed by atoms with Gasteiger partial charge in [0.1, 0.15) is 17.3 Å². The molecule has 3 aromatic carbocycles. The summed E-state index contributed by atoms with van der Waals surface area (Å²) in [7, 11) is 1.27. The highest BCUT2D eigenvalue weighted by atomic mass is 19.1. The molecule has 0 bridgehead atoms. The maximum atomic E-state index is 13.8. The molecule has 8 heteroatoms. The zero-order valence-corrected chi connectivity index (χ0v) is 19.0. The number of phenols is 1. The number of hydrogen-bond donors (Lipinski definition) is 2. The van der Waals surface area contributed by atoms with Gasteiger partial charge in [0.05, 0.1) is 24.3 Å². The number of aliphatic hydroxyl groups excluding tert-OH is 1. The minimum atomic E-state index is -1.01. The summed E-state index contributed by atoms with van der Waals surface area (Å²) >= 11 is 0. The first-order chi connectivity index (χ1) is 16.7. The number of ketones is 1. The molecule has 7 nitrogen and oxygen atoms in total. The summed E-state index contributed by atoms with van der Waals surface area (Å²) in [5, 5.41) is 21.1. The number of methoxy groups -OCH3 is 1. The molecule has 4 rings (SSSR count). The number of amides is 1. The van der Waals surface area contributed by atoms with E-state index in [0.29, 0.717) is 16.7 Å². The van der Waals surface area contributed by atoms with Crippen LogP contribution in [-0.4, -0.2) is 39.9 Å². The van der Waals surface area contributed by atoms with Gasteiger partial charge in [0.25, 0.3) is 11.7 Å². The number of carbonyl (C=O) groups excluding carboxylic acids is 3. The van der Waals surface area contributed by atoms with Gasteiger partial charge in [0, 0.05) is 12.1 Å². The number of rotatable bonds is 5. The van der Waals surface area contributed by atoms with Gasteiger partial charge in [-0.3, -0.25) is 9.59 Å². The molecule has 1 heterocycles. The van der Waals surface area contributed by atoms with Gasteiger partial charge < -0.3 is 19.8 Å². The molecule has 1 aliphatic rings. The number of likely N-dealkylation sites (tertiary alicyclic amines) is 1. The van der Waals surface area contributed by atoms with Crippen molar-refractivity contribution < 1.29 is 33.7 Å². The Morgan fingerprint density at radius 3 is 2.34 bits per heavy atom. The zero-order valence-electron chi connectivity index (χ0n) is 19.0. The second-order valence-corrected chi connectivity index (χ2v) is 8.17. The average molecular weight is 475 g/mol. The summed E-state index contributed by atoms with van der Waals surface area (Å²) in [5.74, 6) is -3.23. The Balaban J connectivity index is 1.81. The lowest BCUT2D eigenvalue weighted by Gasteiger charge is -2.25. The van der Waals surface area contributed by atoms with Crippen molar-refractivity contribution in [3.8, 4) is 5.75 Å². The molecule has 0 spiro atoms. The molecule has 1 saturated heterocycles. The minimum absolute atomic E-state index is 0.00836. The first-order valence-electron chi connectivity index (χ1n) is 10.7. The first-order valence-corrected chi connectivity index (χ1v) is 10.7. The zero-order chi connectivity index (χ0) is 25.3. The van der Waals surface area contributed by atoms with Crippen LogP contribution >= 0.6 is 0 Å². The number of halogens is 1. The standard InChI is InChI=1S/C27H22FNO6/c1-15-12-19(10-11-21(15)28)24(31)22-23(18-4-3-5-20(30)13-18)29(26(33)25(22)32)14-16-6-8-17(9-7-16)27(34)35-2/h3-13,23,30-31H,14H2,1-2H3/b24-22-. The molecule has 2 N–H and O–H groups in total. The van der Waals surface area contributed by atoms with E-state index in [4.69, 9.17) is 4.74 Å². The summed E-state index contributed by atoms with van der Waals surface area (Å²) in [6.45, 7) is 1.51.